The number of rotatable bonds is 8. The van der Waals surface area contributed by atoms with Gasteiger partial charge in [0.15, 0.2) is 5.16 Å². The zero-order valence-corrected chi connectivity index (χ0v) is 21.9. The van der Waals surface area contributed by atoms with Crippen LogP contribution in [-0.2, 0) is 4.79 Å². The summed E-state index contributed by atoms with van der Waals surface area (Å²) in [7, 11) is 0. The van der Waals surface area contributed by atoms with Gasteiger partial charge in [0.2, 0.25) is 5.91 Å². The van der Waals surface area contributed by atoms with Gasteiger partial charge < -0.3 is 10.1 Å². The average molecular weight is 522 g/mol. The van der Waals surface area contributed by atoms with Gasteiger partial charge in [0.05, 0.1) is 22.3 Å². The Labute approximate surface area is 225 Å². The van der Waals surface area contributed by atoms with Crippen LogP contribution in [0.15, 0.2) is 113 Å². The third-order valence-corrected chi connectivity index (χ3v) is 6.95. The molecule has 5 aromatic rings. The number of hydrogen-bond acceptors (Lipinski definition) is 5. The van der Waals surface area contributed by atoms with Crippen molar-refractivity contribution < 1.29 is 9.53 Å². The van der Waals surface area contributed by atoms with Crippen molar-refractivity contribution in [3.05, 3.63) is 119 Å². The van der Waals surface area contributed by atoms with E-state index in [0.29, 0.717) is 33.4 Å². The molecule has 0 aliphatic carbocycles. The minimum atomic E-state index is -0.198. The topological polar surface area (TPSA) is 73.2 Å². The summed E-state index contributed by atoms with van der Waals surface area (Å²) in [5, 5.41) is 3.90. The number of anilines is 1. The summed E-state index contributed by atoms with van der Waals surface area (Å²) in [6.45, 7) is 4.25. The number of hydrogen-bond donors (Lipinski definition) is 1. The highest BCUT2D eigenvalue weighted by Gasteiger charge is 2.15. The van der Waals surface area contributed by atoms with Gasteiger partial charge in [-0.15, -0.1) is 0 Å². The van der Waals surface area contributed by atoms with Crippen molar-refractivity contribution in [1.29, 1.82) is 0 Å². The molecule has 0 atom stereocenters. The van der Waals surface area contributed by atoms with Crippen molar-refractivity contribution in [3.63, 3.8) is 0 Å². The first-order valence-corrected chi connectivity index (χ1v) is 13.3. The van der Waals surface area contributed by atoms with Gasteiger partial charge in [-0.2, -0.15) is 0 Å². The largest absolute Gasteiger partial charge is 0.457 e. The fourth-order valence-electron chi connectivity index (χ4n) is 4.00. The molecule has 1 heterocycles. The van der Waals surface area contributed by atoms with Crippen LogP contribution in [0, 0.1) is 0 Å². The van der Waals surface area contributed by atoms with Crippen LogP contribution in [0.25, 0.3) is 16.6 Å². The molecule has 1 amide bonds. The summed E-state index contributed by atoms with van der Waals surface area (Å²) >= 11 is 1.23. The Balaban J connectivity index is 1.33. The van der Waals surface area contributed by atoms with E-state index in [-0.39, 0.29) is 17.2 Å². The van der Waals surface area contributed by atoms with Crippen LogP contribution >= 0.6 is 11.8 Å². The lowest BCUT2D eigenvalue weighted by molar-refractivity contribution is -0.113. The summed E-state index contributed by atoms with van der Waals surface area (Å²) < 4.78 is 7.39. The van der Waals surface area contributed by atoms with E-state index in [0.717, 1.165) is 11.4 Å². The smallest absolute Gasteiger partial charge is 0.266 e. The monoisotopic (exact) mass is 521 g/mol. The van der Waals surface area contributed by atoms with Gasteiger partial charge in [0.1, 0.15) is 11.5 Å². The lowest BCUT2D eigenvalue weighted by atomic mass is 10.0. The Kier molecular flexibility index (Phi) is 7.56. The maximum Gasteiger partial charge on any atom is 0.266 e. The van der Waals surface area contributed by atoms with Crippen LogP contribution in [0.2, 0.25) is 0 Å². The second kappa shape index (κ2) is 11.4. The first-order chi connectivity index (χ1) is 18.5. The minimum absolute atomic E-state index is 0.0944. The Morgan fingerprint density at radius 2 is 1.53 bits per heavy atom. The van der Waals surface area contributed by atoms with E-state index in [1.807, 2.05) is 72.8 Å². The number of carbonyl (C=O) groups excluding carboxylic acids is 1. The molecular weight excluding hydrogens is 494 g/mol. The predicted octanol–water partition coefficient (Wildman–Crippen LogP) is 7.03. The number of fused-ring (bicyclic) bond motifs is 1. The number of carbonyl (C=O) groups is 1. The summed E-state index contributed by atoms with van der Waals surface area (Å²) in [6, 6.07) is 31.9. The van der Waals surface area contributed by atoms with E-state index in [2.05, 4.69) is 19.2 Å². The van der Waals surface area contributed by atoms with E-state index in [9.17, 15) is 9.59 Å². The molecule has 0 aliphatic heterocycles. The van der Waals surface area contributed by atoms with Crippen LogP contribution in [0.5, 0.6) is 11.5 Å². The van der Waals surface area contributed by atoms with Gasteiger partial charge in [-0.05, 0) is 72.1 Å². The Hall–Kier alpha value is -4.36. The maximum atomic E-state index is 13.5. The van der Waals surface area contributed by atoms with Gasteiger partial charge in [0, 0.05) is 5.69 Å². The van der Waals surface area contributed by atoms with E-state index >= 15 is 0 Å². The van der Waals surface area contributed by atoms with E-state index < -0.39 is 0 Å². The highest BCUT2D eigenvalue weighted by molar-refractivity contribution is 7.99. The van der Waals surface area contributed by atoms with Gasteiger partial charge in [-0.25, -0.2) is 4.98 Å². The predicted molar refractivity (Wildman–Crippen MR) is 154 cm³/mol. The number of thioether (sulfide) groups is 1. The first-order valence-electron chi connectivity index (χ1n) is 12.4. The molecule has 7 heteroatoms. The Bertz CT molecular complexity index is 1610. The fraction of sp³-hybridized carbons (Fsp3) is 0.129. The van der Waals surface area contributed by atoms with Gasteiger partial charge >= 0.3 is 0 Å². The Morgan fingerprint density at radius 1 is 0.868 bits per heavy atom. The molecule has 0 bridgehead atoms. The van der Waals surface area contributed by atoms with Crippen molar-refractivity contribution in [2.24, 2.45) is 0 Å². The number of ether oxygens (including phenoxy) is 1. The van der Waals surface area contributed by atoms with Crippen molar-refractivity contribution in [3.8, 4) is 17.2 Å². The fourth-order valence-corrected chi connectivity index (χ4v) is 4.82. The number of benzene rings is 4. The number of nitrogens with zero attached hydrogens (tertiary/aromatic N) is 2. The van der Waals surface area contributed by atoms with Crippen molar-refractivity contribution >= 4 is 34.3 Å². The quantitative estimate of drug-likeness (QED) is 0.175. The summed E-state index contributed by atoms with van der Waals surface area (Å²) in [5.74, 6) is 1.70. The molecule has 0 spiro atoms. The summed E-state index contributed by atoms with van der Waals surface area (Å²) in [4.78, 5) is 31.0. The van der Waals surface area contributed by atoms with Crippen LogP contribution in [-0.4, -0.2) is 21.2 Å². The molecule has 5 rings (SSSR count). The molecule has 190 valence electrons. The number of nitrogens with one attached hydrogen (secondary N) is 1. The lowest BCUT2D eigenvalue weighted by Crippen LogP contribution is -2.23. The lowest BCUT2D eigenvalue weighted by Gasteiger charge is -2.14. The first kappa shape index (κ1) is 25.3. The van der Waals surface area contributed by atoms with E-state index in [4.69, 9.17) is 9.72 Å². The maximum absolute atomic E-state index is 13.5. The molecule has 0 aliphatic rings. The standard InChI is InChI=1S/C31H27N3O3S/c1-21(2)22-12-16-24(17-13-22)34-30(36)27-10-6-7-11-28(27)33-31(34)38-20-29(35)32-23-14-18-26(19-15-23)37-25-8-4-3-5-9-25/h3-19,21H,20H2,1-2H3,(H,32,35). The highest BCUT2D eigenvalue weighted by Crippen LogP contribution is 2.25. The molecule has 0 saturated heterocycles. The summed E-state index contributed by atoms with van der Waals surface area (Å²) in [6.07, 6.45) is 0. The van der Waals surface area contributed by atoms with Gasteiger partial charge in [0.25, 0.3) is 5.56 Å². The van der Waals surface area contributed by atoms with Crippen LogP contribution in [0.3, 0.4) is 0 Å². The average Bonchev–Trinajstić information content (AvgIpc) is 2.94. The molecule has 6 nitrogen and oxygen atoms in total. The third-order valence-electron chi connectivity index (χ3n) is 6.01. The minimum Gasteiger partial charge on any atom is -0.457 e. The zero-order valence-electron chi connectivity index (χ0n) is 21.1. The SMILES string of the molecule is CC(C)c1ccc(-n2c(SCC(=O)Nc3ccc(Oc4ccccc4)cc3)nc3ccccc3c2=O)cc1. The normalized spacial score (nSPS) is 11.0. The van der Waals surface area contributed by atoms with Crippen molar-refractivity contribution in [2.45, 2.75) is 24.9 Å². The molecule has 1 N–H and O–H groups in total. The van der Waals surface area contributed by atoms with E-state index in [1.54, 1.807) is 34.9 Å². The number of aromatic nitrogens is 2. The molecule has 1 aromatic heterocycles. The third kappa shape index (κ3) is 5.79. The van der Waals surface area contributed by atoms with Crippen LogP contribution in [0.1, 0.15) is 25.3 Å². The number of para-hydroxylation sites is 2. The van der Waals surface area contributed by atoms with E-state index in [1.165, 1.54) is 17.3 Å². The number of amides is 1. The second-order valence-corrected chi connectivity index (χ2v) is 10.0. The molecule has 0 radical (unpaired) electrons. The highest BCUT2D eigenvalue weighted by atomic mass is 32.2. The van der Waals surface area contributed by atoms with Crippen molar-refractivity contribution in [1.82, 2.24) is 9.55 Å². The Morgan fingerprint density at radius 3 is 2.24 bits per heavy atom. The van der Waals surface area contributed by atoms with Gasteiger partial charge in [-0.1, -0.05) is 68.1 Å². The summed E-state index contributed by atoms with van der Waals surface area (Å²) in [5.41, 5.74) is 3.00. The second-order valence-electron chi connectivity index (χ2n) is 9.07. The molecule has 0 unspecified atom stereocenters. The molecule has 38 heavy (non-hydrogen) atoms. The molecule has 0 saturated carbocycles. The zero-order chi connectivity index (χ0) is 26.5. The molecule has 0 fully saturated rings. The van der Waals surface area contributed by atoms with Gasteiger partial charge in [-0.3, -0.25) is 14.2 Å². The van der Waals surface area contributed by atoms with Crippen LogP contribution < -0.4 is 15.6 Å². The van der Waals surface area contributed by atoms with Crippen molar-refractivity contribution in [2.75, 3.05) is 11.1 Å². The molecular formula is C31H27N3O3S. The van der Waals surface area contributed by atoms with Crippen LogP contribution in [0.4, 0.5) is 5.69 Å². The molecule has 4 aromatic carbocycles.